The molecule has 34 heavy (non-hydrogen) atoms. The maximum Gasteiger partial charge on any atom is 0.306 e. The molecule has 3 fully saturated rings. The Morgan fingerprint density at radius 1 is 1.06 bits per heavy atom. The number of carbonyl (C=O) groups is 1. The molecule has 0 aromatic carbocycles. The Balaban J connectivity index is 1.41. The molecule has 194 valence electrons. The molecule has 8 atom stereocenters. The van der Waals surface area contributed by atoms with Crippen molar-refractivity contribution >= 4 is 17.6 Å². The lowest BCUT2D eigenvalue weighted by molar-refractivity contribution is -0.151. The summed E-state index contributed by atoms with van der Waals surface area (Å²) in [5.41, 5.74) is 2.48. The fourth-order valence-electron chi connectivity index (χ4n) is 9.21. The van der Waals surface area contributed by atoms with Gasteiger partial charge in [0.15, 0.2) is 0 Å². The second-order valence-corrected chi connectivity index (χ2v) is 13.8. The second kappa shape index (κ2) is 10.9. The third kappa shape index (κ3) is 5.14. The van der Waals surface area contributed by atoms with Crippen LogP contribution in [0.4, 0.5) is 0 Å². The first-order valence-electron chi connectivity index (χ1n) is 14.6. The van der Waals surface area contributed by atoms with Crippen LogP contribution in [0.15, 0.2) is 11.6 Å². The Hall–Kier alpha value is -0.500. The van der Waals surface area contributed by atoms with Gasteiger partial charge in [-0.2, -0.15) is 0 Å². The van der Waals surface area contributed by atoms with E-state index in [1.807, 2.05) is 0 Å². The van der Waals surface area contributed by atoms with Gasteiger partial charge >= 0.3 is 5.97 Å². The van der Waals surface area contributed by atoms with Crippen molar-refractivity contribution in [2.45, 2.75) is 124 Å². The van der Waals surface area contributed by atoms with Gasteiger partial charge in [-0.1, -0.05) is 65.5 Å². The normalized spacial score (nSPS) is 40.2. The fraction of sp³-hybridized carbons (Fsp3) is 0.903. The molecule has 0 aromatic rings. The molecule has 0 heterocycles. The minimum Gasteiger partial charge on any atom is -0.462 e. The molecule has 0 radical (unpaired) electrons. The van der Waals surface area contributed by atoms with E-state index < -0.39 is 0 Å². The highest BCUT2D eigenvalue weighted by Crippen LogP contribution is 2.67. The lowest BCUT2D eigenvalue weighted by Crippen LogP contribution is -2.51. The number of hydrogen-bond donors (Lipinski definition) is 0. The van der Waals surface area contributed by atoms with E-state index in [2.05, 4.69) is 40.7 Å². The maximum atomic E-state index is 12.2. The molecule has 4 aliphatic carbocycles. The lowest BCUT2D eigenvalue weighted by atomic mass is 9.47. The van der Waals surface area contributed by atoms with Crippen LogP contribution in [0, 0.1) is 46.3 Å². The highest BCUT2D eigenvalue weighted by Gasteiger charge is 2.59. The zero-order valence-corrected chi connectivity index (χ0v) is 23.5. The van der Waals surface area contributed by atoms with Crippen molar-refractivity contribution in [3.05, 3.63) is 11.6 Å². The molecule has 4 aliphatic rings. The zero-order chi connectivity index (χ0) is 24.5. The summed E-state index contributed by atoms with van der Waals surface area (Å²) >= 11 is 5.75. The van der Waals surface area contributed by atoms with Gasteiger partial charge in [0.1, 0.15) is 6.10 Å². The molecule has 0 spiro atoms. The smallest absolute Gasteiger partial charge is 0.306 e. The van der Waals surface area contributed by atoms with Crippen molar-refractivity contribution in [1.82, 2.24) is 0 Å². The number of rotatable bonds is 9. The monoisotopic (exact) mass is 490 g/mol. The number of carbonyl (C=O) groups excluding carboxylic acids is 1. The van der Waals surface area contributed by atoms with Gasteiger partial charge in [0.05, 0.1) is 0 Å². The number of halogens is 1. The molecule has 3 saturated carbocycles. The first-order chi connectivity index (χ1) is 16.2. The molecule has 0 unspecified atom stereocenters. The maximum absolute atomic E-state index is 12.2. The van der Waals surface area contributed by atoms with Gasteiger partial charge in [-0.3, -0.25) is 4.79 Å². The predicted molar refractivity (Wildman–Crippen MR) is 143 cm³/mol. The van der Waals surface area contributed by atoms with Crippen molar-refractivity contribution in [3.8, 4) is 0 Å². The second-order valence-electron chi connectivity index (χ2n) is 13.4. The largest absolute Gasteiger partial charge is 0.462 e. The average molecular weight is 491 g/mol. The number of allylic oxidation sites excluding steroid dienone is 1. The quantitative estimate of drug-likeness (QED) is 0.183. The Labute approximate surface area is 215 Å². The topological polar surface area (TPSA) is 26.3 Å². The van der Waals surface area contributed by atoms with Gasteiger partial charge < -0.3 is 4.74 Å². The third-order valence-corrected chi connectivity index (χ3v) is 11.3. The van der Waals surface area contributed by atoms with Crippen LogP contribution in [-0.2, 0) is 9.53 Å². The number of esters is 1. The Bertz CT molecular complexity index is 744. The Morgan fingerprint density at radius 3 is 2.59 bits per heavy atom. The van der Waals surface area contributed by atoms with Crippen molar-refractivity contribution in [3.63, 3.8) is 0 Å². The predicted octanol–water partition coefficient (Wildman–Crippen LogP) is 8.96. The van der Waals surface area contributed by atoms with E-state index in [9.17, 15) is 4.79 Å². The van der Waals surface area contributed by atoms with E-state index >= 15 is 0 Å². The van der Waals surface area contributed by atoms with Gasteiger partial charge in [0.25, 0.3) is 0 Å². The highest BCUT2D eigenvalue weighted by atomic mass is 35.5. The van der Waals surface area contributed by atoms with Crippen molar-refractivity contribution in [2.24, 2.45) is 46.3 Å². The molecular weight excluding hydrogens is 440 g/mol. The molecule has 0 aromatic heterocycles. The van der Waals surface area contributed by atoms with Gasteiger partial charge in [0, 0.05) is 18.7 Å². The minimum absolute atomic E-state index is 0.0588. The van der Waals surface area contributed by atoms with Crippen LogP contribution >= 0.6 is 11.6 Å². The molecule has 4 rings (SSSR count). The molecule has 0 aliphatic heterocycles. The van der Waals surface area contributed by atoms with Crippen LogP contribution in [0.1, 0.15) is 118 Å². The van der Waals surface area contributed by atoms with E-state index in [0.29, 0.717) is 23.1 Å². The van der Waals surface area contributed by atoms with E-state index in [4.69, 9.17) is 16.3 Å². The Kier molecular flexibility index (Phi) is 8.48. The van der Waals surface area contributed by atoms with Crippen LogP contribution in [0.2, 0.25) is 0 Å². The third-order valence-electron chi connectivity index (χ3n) is 11.1. The van der Waals surface area contributed by atoms with Crippen LogP contribution in [0.25, 0.3) is 0 Å². The SMILES string of the molecule is CC(C)CCC[C@@H](C)[C@@H]1CC[C@@H]2[C@H]3CC=C4C[C@@H](OC(=O)CCCCl)CC[C@]4(C)[C@@H]3CC[C@]21C. The van der Waals surface area contributed by atoms with Crippen LogP contribution in [0.3, 0.4) is 0 Å². The summed E-state index contributed by atoms with van der Waals surface area (Å²) in [7, 11) is 0. The van der Waals surface area contributed by atoms with E-state index in [1.54, 1.807) is 5.57 Å². The fourth-order valence-corrected chi connectivity index (χ4v) is 9.34. The first-order valence-corrected chi connectivity index (χ1v) is 15.2. The lowest BCUT2D eigenvalue weighted by Gasteiger charge is -2.58. The summed E-state index contributed by atoms with van der Waals surface area (Å²) in [5, 5.41) is 0. The zero-order valence-electron chi connectivity index (χ0n) is 22.7. The van der Waals surface area contributed by atoms with Crippen molar-refractivity contribution in [1.29, 1.82) is 0 Å². The van der Waals surface area contributed by atoms with Gasteiger partial charge in [0.2, 0.25) is 0 Å². The summed E-state index contributed by atoms with van der Waals surface area (Å²) in [5.74, 6) is 5.70. The van der Waals surface area contributed by atoms with Crippen LogP contribution in [-0.4, -0.2) is 18.0 Å². The first kappa shape index (κ1) is 26.6. The summed E-state index contributed by atoms with van der Waals surface area (Å²) in [6, 6.07) is 0. The van der Waals surface area contributed by atoms with E-state index in [1.165, 1.54) is 57.8 Å². The van der Waals surface area contributed by atoms with Crippen molar-refractivity contribution < 1.29 is 9.53 Å². The molecule has 0 N–H and O–H groups in total. The molecular formula is C31H51ClO2. The van der Waals surface area contributed by atoms with Gasteiger partial charge in [-0.25, -0.2) is 0 Å². The van der Waals surface area contributed by atoms with E-state index in [0.717, 1.165) is 54.8 Å². The molecule has 2 nitrogen and oxygen atoms in total. The summed E-state index contributed by atoms with van der Waals surface area (Å²) < 4.78 is 5.86. The van der Waals surface area contributed by atoms with Crippen molar-refractivity contribution in [2.75, 3.05) is 5.88 Å². The number of alkyl halides is 1. The van der Waals surface area contributed by atoms with Crippen LogP contribution in [0.5, 0.6) is 0 Å². The molecule has 0 amide bonds. The number of hydrogen-bond acceptors (Lipinski definition) is 2. The molecule has 0 bridgehead atoms. The molecule has 0 saturated heterocycles. The number of ether oxygens (including phenoxy) is 1. The average Bonchev–Trinajstić information content (AvgIpc) is 3.15. The van der Waals surface area contributed by atoms with Gasteiger partial charge in [-0.05, 0) is 97.7 Å². The Morgan fingerprint density at radius 2 is 1.85 bits per heavy atom. The van der Waals surface area contributed by atoms with Crippen LogP contribution < -0.4 is 0 Å². The van der Waals surface area contributed by atoms with E-state index in [-0.39, 0.29) is 12.1 Å². The standard InChI is InChI=1S/C31H51ClO2/c1-21(2)8-6-9-22(3)26-13-14-27-25-12-11-23-20-24(34-29(33)10-7-19-32)15-17-30(23,4)28(25)16-18-31(26,27)5/h11,21-22,24-28H,6-10,12-20H2,1-5H3/t22-,24+,25-,26+,27-,28-,30+,31+/m1/s1. The number of fused-ring (bicyclic) bond motifs is 5. The summed E-state index contributed by atoms with van der Waals surface area (Å²) in [6.07, 6.45) is 18.3. The summed E-state index contributed by atoms with van der Waals surface area (Å²) in [6.45, 7) is 12.5. The highest BCUT2D eigenvalue weighted by molar-refractivity contribution is 6.17. The minimum atomic E-state index is -0.0588. The summed E-state index contributed by atoms with van der Waals surface area (Å²) in [4.78, 5) is 12.2. The van der Waals surface area contributed by atoms with Gasteiger partial charge in [-0.15, -0.1) is 11.6 Å². The molecule has 3 heteroatoms.